The van der Waals surface area contributed by atoms with Crippen molar-refractivity contribution in [2.24, 2.45) is 5.92 Å². The van der Waals surface area contributed by atoms with Crippen LogP contribution in [0.1, 0.15) is 36.1 Å². The van der Waals surface area contributed by atoms with E-state index in [1.54, 1.807) is 33.9 Å². The number of nitrogens with one attached hydrogen (secondary N) is 2. The Morgan fingerprint density at radius 1 is 1.15 bits per heavy atom. The Balaban J connectivity index is 1.09. The molecule has 1 amide bonds. The first-order valence-corrected chi connectivity index (χ1v) is 13.0. The molecular weight excluding hydrogens is 520 g/mol. The zero-order valence-corrected chi connectivity index (χ0v) is 21.9. The van der Waals surface area contributed by atoms with Crippen molar-refractivity contribution in [3.63, 3.8) is 0 Å². The number of anilines is 4. The van der Waals surface area contributed by atoms with Crippen molar-refractivity contribution in [1.29, 1.82) is 5.26 Å². The number of halogens is 1. The van der Waals surface area contributed by atoms with Crippen LogP contribution in [0.25, 0.3) is 5.65 Å². The highest BCUT2D eigenvalue weighted by atomic mass is 35.5. The van der Waals surface area contributed by atoms with E-state index in [-0.39, 0.29) is 17.8 Å². The quantitative estimate of drug-likeness (QED) is 0.368. The molecule has 2 fully saturated rings. The van der Waals surface area contributed by atoms with E-state index in [1.807, 2.05) is 18.2 Å². The lowest BCUT2D eigenvalue weighted by Gasteiger charge is -2.36. The van der Waals surface area contributed by atoms with Crippen molar-refractivity contribution in [3.8, 4) is 6.07 Å². The van der Waals surface area contributed by atoms with Crippen LogP contribution in [0.4, 0.5) is 23.3 Å². The summed E-state index contributed by atoms with van der Waals surface area (Å²) in [5.41, 5.74) is 1.55. The van der Waals surface area contributed by atoms with Crippen LogP contribution in [0.3, 0.4) is 0 Å². The number of rotatable bonds is 6. The lowest BCUT2D eigenvalue weighted by Crippen LogP contribution is -2.48. The van der Waals surface area contributed by atoms with Gasteiger partial charge in [-0.05, 0) is 37.0 Å². The summed E-state index contributed by atoms with van der Waals surface area (Å²) in [6, 6.07) is 9.25. The highest BCUT2D eigenvalue weighted by molar-refractivity contribution is 6.32. The minimum Gasteiger partial charge on any atom is -0.366 e. The van der Waals surface area contributed by atoms with Gasteiger partial charge in [-0.3, -0.25) is 4.79 Å². The van der Waals surface area contributed by atoms with Gasteiger partial charge in [-0.25, -0.2) is 14.5 Å². The Kier molecular flexibility index (Phi) is 6.54. The first kappa shape index (κ1) is 24.7. The molecule has 6 rings (SSSR count). The lowest BCUT2D eigenvalue weighted by molar-refractivity contribution is 0.0518. The van der Waals surface area contributed by atoms with Gasteiger partial charge >= 0.3 is 0 Å². The number of nitriles is 1. The summed E-state index contributed by atoms with van der Waals surface area (Å²) in [6.07, 6.45) is 5.00. The summed E-state index contributed by atoms with van der Waals surface area (Å²) in [5.74, 6) is 2.23. The van der Waals surface area contributed by atoms with Crippen molar-refractivity contribution in [2.75, 3.05) is 41.7 Å². The molecule has 14 heteroatoms. The average molecular weight is 545 g/mol. The number of hydrogen-bond donors (Lipinski definition) is 2. The Labute approximate surface area is 228 Å². The molecule has 2 saturated heterocycles. The standard InChI is InChI=1S/C25H25ClN12O/c1-15-13-37(14-15)24(39)23-31-21-10-17(6-9-38(21)35-23)30-25-28-12-19(26)22(32-25)29-16-4-7-36(8-5-16)20-3-2-18(11-27)33-34-20/h2-3,6,9-10,12,15-16H,4-5,7-8,13-14H2,1H3,(H2,28,29,30,32). The number of piperidine rings is 1. The molecule has 2 N–H and O–H groups in total. The van der Waals surface area contributed by atoms with Crippen LogP contribution in [0.2, 0.25) is 5.02 Å². The van der Waals surface area contributed by atoms with Gasteiger partial charge in [-0.15, -0.1) is 15.3 Å². The van der Waals surface area contributed by atoms with Crippen molar-refractivity contribution in [1.82, 2.24) is 39.7 Å². The van der Waals surface area contributed by atoms with Crippen LogP contribution >= 0.6 is 11.6 Å². The number of amides is 1. The summed E-state index contributed by atoms with van der Waals surface area (Å²) in [4.78, 5) is 29.8. The molecule has 2 aliphatic rings. The molecule has 13 nitrogen and oxygen atoms in total. The number of nitrogens with zero attached hydrogens (tertiary/aromatic N) is 10. The molecule has 198 valence electrons. The highest BCUT2D eigenvalue weighted by Gasteiger charge is 2.30. The fourth-order valence-corrected chi connectivity index (χ4v) is 4.86. The van der Waals surface area contributed by atoms with Gasteiger partial charge in [0.25, 0.3) is 5.91 Å². The predicted molar refractivity (Wildman–Crippen MR) is 144 cm³/mol. The molecule has 6 heterocycles. The second-order valence-electron chi connectivity index (χ2n) is 9.78. The Hall–Kier alpha value is -4.57. The van der Waals surface area contributed by atoms with E-state index in [9.17, 15) is 4.79 Å². The van der Waals surface area contributed by atoms with Crippen LogP contribution in [0.5, 0.6) is 0 Å². The first-order chi connectivity index (χ1) is 18.9. The normalized spacial score (nSPS) is 16.1. The molecule has 0 atom stereocenters. The van der Waals surface area contributed by atoms with E-state index in [2.05, 4.69) is 52.7 Å². The summed E-state index contributed by atoms with van der Waals surface area (Å²) in [7, 11) is 0. The summed E-state index contributed by atoms with van der Waals surface area (Å²) < 4.78 is 1.58. The average Bonchev–Trinajstić information content (AvgIpc) is 3.37. The Morgan fingerprint density at radius 3 is 2.69 bits per heavy atom. The minimum atomic E-state index is -0.154. The third-order valence-electron chi connectivity index (χ3n) is 6.81. The van der Waals surface area contributed by atoms with Crippen LogP contribution in [-0.2, 0) is 0 Å². The van der Waals surface area contributed by atoms with E-state index in [0.717, 1.165) is 44.8 Å². The van der Waals surface area contributed by atoms with Crippen LogP contribution in [-0.4, -0.2) is 77.8 Å². The number of pyridine rings is 1. The SMILES string of the molecule is CC1CN(C(=O)c2nc3cc(Nc4ncc(Cl)c(NC5CCN(c6ccc(C#N)nn6)CC5)n4)ccn3n2)C1. The molecule has 0 saturated carbocycles. The number of carbonyl (C=O) groups is 1. The maximum Gasteiger partial charge on any atom is 0.293 e. The maximum absolute atomic E-state index is 12.6. The molecule has 0 bridgehead atoms. The fourth-order valence-electron chi connectivity index (χ4n) is 4.71. The molecule has 0 unspecified atom stereocenters. The van der Waals surface area contributed by atoms with E-state index in [0.29, 0.717) is 39.7 Å². The molecule has 0 aliphatic carbocycles. The van der Waals surface area contributed by atoms with E-state index in [1.165, 1.54) is 0 Å². The molecule has 2 aliphatic heterocycles. The van der Waals surface area contributed by atoms with Crippen LogP contribution in [0, 0.1) is 17.2 Å². The second-order valence-corrected chi connectivity index (χ2v) is 10.2. The first-order valence-electron chi connectivity index (χ1n) is 12.7. The second kappa shape index (κ2) is 10.3. The number of hydrogen-bond acceptors (Lipinski definition) is 11. The minimum absolute atomic E-state index is 0.154. The van der Waals surface area contributed by atoms with Crippen molar-refractivity contribution in [3.05, 3.63) is 53.2 Å². The fraction of sp³-hybridized carbons (Fsp3) is 0.360. The van der Waals surface area contributed by atoms with Gasteiger partial charge in [0.15, 0.2) is 23.0 Å². The molecule has 0 aromatic carbocycles. The zero-order valence-electron chi connectivity index (χ0n) is 21.1. The third kappa shape index (κ3) is 5.23. The predicted octanol–water partition coefficient (Wildman–Crippen LogP) is 2.75. The summed E-state index contributed by atoms with van der Waals surface area (Å²) >= 11 is 6.41. The van der Waals surface area contributed by atoms with Gasteiger partial charge in [-0.2, -0.15) is 10.2 Å². The molecule has 39 heavy (non-hydrogen) atoms. The molecule has 4 aromatic heterocycles. The van der Waals surface area contributed by atoms with Crippen LogP contribution in [0.15, 0.2) is 36.7 Å². The highest BCUT2D eigenvalue weighted by Crippen LogP contribution is 2.26. The monoisotopic (exact) mass is 544 g/mol. The van der Waals surface area contributed by atoms with Gasteiger partial charge in [0, 0.05) is 50.2 Å². The van der Waals surface area contributed by atoms with Crippen molar-refractivity contribution >= 4 is 46.4 Å². The van der Waals surface area contributed by atoms with E-state index in [4.69, 9.17) is 16.9 Å². The number of aromatic nitrogens is 7. The van der Waals surface area contributed by atoms with Gasteiger partial charge in [0.1, 0.15) is 11.1 Å². The number of carbonyl (C=O) groups excluding carboxylic acids is 1. The third-order valence-corrected chi connectivity index (χ3v) is 7.08. The maximum atomic E-state index is 12.6. The van der Waals surface area contributed by atoms with Crippen LogP contribution < -0.4 is 15.5 Å². The van der Waals surface area contributed by atoms with Gasteiger partial charge in [0.2, 0.25) is 11.8 Å². The molecule has 0 radical (unpaired) electrons. The zero-order chi connectivity index (χ0) is 26.9. The van der Waals surface area contributed by atoms with Gasteiger partial charge in [0.05, 0.1) is 6.20 Å². The van der Waals surface area contributed by atoms with Gasteiger partial charge < -0.3 is 20.4 Å². The van der Waals surface area contributed by atoms with Crippen molar-refractivity contribution < 1.29 is 4.79 Å². The Bertz CT molecular complexity index is 1550. The Morgan fingerprint density at radius 2 is 1.97 bits per heavy atom. The molecule has 0 spiro atoms. The topological polar surface area (TPSA) is 153 Å². The molecule has 4 aromatic rings. The largest absolute Gasteiger partial charge is 0.366 e. The van der Waals surface area contributed by atoms with E-state index < -0.39 is 0 Å². The van der Waals surface area contributed by atoms with Gasteiger partial charge in [-0.1, -0.05) is 18.5 Å². The van der Waals surface area contributed by atoms with Crippen molar-refractivity contribution in [2.45, 2.75) is 25.8 Å². The smallest absolute Gasteiger partial charge is 0.293 e. The number of likely N-dealkylation sites (tertiary alicyclic amines) is 1. The lowest BCUT2D eigenvalue weighted by atomic mass is 10.0. The molecular formula is C25H25ClN12O. The number of fused-ring (bicyclic) bond motifs is 1. The summed E-state index contributed by atoms with van der Waals surface area (Å²) in [6.45, 7) is 5.14. The van der Waals surface area contributed by atoms with E-state index >= 15 is 0 Å². The summed E-state index contributed by atoms with van der Waals surface area (Å²) in [5, 5.41) is 28.3.